The SMILES string of the molecule is O=C(NCCC1CCCNC1)c1ccc2[nH]ccc2c1. The Morgan fingerprint density at radius 1 is 1.35 bits per heavy atom. The highest BCUT2D eigenvalue weighted by Gasteiger charge is 2.13. The van der Waals surface area contributed by atoms with Gasteiger partial charge in [0.25, 0.3) is 5.91 Å². The van der Waals surface area contributed by atoms with Crippen LogP contribution in [0.4, 0.5) is 0 Å². The van der Waals surface area contributed by atoms with Crippen LogP contribution in [0, 0.1) is 5.92 Å². The summed E-state index contributed by atoms with van der Waals surface area (Å²) in [5.41, 5.74) is 1.80. The van der Waals surface area contributed by atoms with Crippen molar-refractivity contribution in [1.82, 2.24) is 15.6 Å². The largest absolute Gasteiger partial charge is 0.361 e. The second-order valence-corrected chi connectivity index (χ2v) is 5.54. The number of aromatic nitrogens is 1. The average molecular weight is 271 g/mol. The van der Waals surface area contributed by atoms with Gasteiger partial charge in [-0.1, -0.05) is 0 Å². The Kier molecular flexibility index (Phi) is 4.02. The van der Waals surface area contributed by atoms with Crippen LogP contribution in [0.15, 0.2) is 30.5 Å². The fourth-order valence-corrected chi connectivity index (χ4v) is 2.86. The molecule has 1 saturated heterocycles. The standard InChI is InChI=1S/C16H21N3O/c20-16(19-8-5-12-2-1-7-17-11-12)14-3-4-15-13(10-14)6-9-18-15/h3-4,6,9-10,12,17-18H,1-2,5,7-8,11H2,(H,19,20). The van der Waals surface area contributed by atoms with Crippen LogP contribution in [-0.4, -0.2) is 30.5 Å². The van der Waals surface area contributed by atoms with E-state index in [1.807, 2.05) is 30.5 Å². The maximum Gasteiger partial charge on any atom is 0.251 e. The lowest BCUT2D eigenvalue weighted by molar-refractivity contribution is 0.0951. The zero-order chi connectivity index (χ0) is 13.8. The van der Waals surface area contributed by atoms with Gasteiger partial charge in [-0.15, -0.1) is 0 Å². The predicted molar refractivity (Wildman–Crippen MR) is 80.8 cm³/mol. The molecule has 1 atom stereocenters. The van der Waals surface area contributed by atoms with Gasteiger partial charge in [0.1, 0.15) is 0 Å². The maximum absolute atomic E-state index is 12.1. The number of piperidine rings is 1. The number of benzene rings is 1. The number of carbonyl (C=O) groups is 1. The van der Waals surface area contributed by atoms with Crippen molar-refractivity contribution in [2.45, 2.75) is 19.3 Å². The molecule has 1 aliphatic rings. The molecule has 1 aliphatic heterocycles. The third-order valence-corrected chi connectivity index (χ3v) is 4.05. The van der Waals surface area contributed by atoms with Crippen LogP contribution in [0.3, 0.4) is 0 Å². The Labute approximate surface area is 118 Å². The van der Waals surface area contributed by atoms with Crippen molar-refractivity contribution < 1.29 is 4.79 Å². The Balaban J connectivity index is 1.53. The molecule has 2 aromatic rings. The van der Waals surface area contributed by atoms with Crippen molar-refractivity contribution in [2.75, 3.05) is 19.6 Å². The van der Waals surface area contributed by atoms with Crippen molar-refractivity contribution in [1.29, 1.82) is 0 Å². The van der Waals surface area contributed by atoms with E-state index in [9.17, 15) is 4.79 Å². The van der Waals surface area contributed by atoms with Gasteiger partial charge in [0.15, 0.2) is 0 Å². The number of aromatic amines is 1. The predicted octanol–water partition coefficient (Wildman–Crippen LogP) is 2.29. The highest BCUT2D eigenvalue weighted by molar-refractivity contribution is 5.98. The van der Waals surface area contributed by atoms with E-state index in [1.54, 1.807) is 0 Å². The first kappa shape index (κ1) is 13.2. The van der Waals surface area contributed by atoms with Gasteiger partial charge < -0.3 is 15.6 Å². The van der Waals surface area contributed by atoms with E-state index in [1.165, 1.54) is 12.8 Å². The first-order valence-electron chi connectivity index (χ1n) is 7.39. The molecule has 3 N–H and O–H groups in total. The molecule has 0 aliphatic carbocycles. The summed E-state index contributed by atoms with van der Waals surface area (Å²) in [4.78, 5) is 15.2. The number of rotatable bonds is 4. The number of carbonyl (C=O) groups excluding carboxylic acids is 1. The number of hydrogen-bond acceptors (Lipinski definition) is 2. The Morgan fingerprint density at radius 3 is 3.15 bits per heavy atom. The number of hydrogen-bond donors (Lipinski definition) is 3. The molecule has 1 aromatic carbocycles. The lowest BCUT2D eigenvalue weighted by Crippen LogP contribution is -2.33. The van der Waals surface area contributed by atoms with Crippen LogP contribution < -0.4 is 10.6 Å². The van der Waals surface area contributed by atoms with Gasteiger partial charge in [-0.25, -0.2) is 0 Å². The van der Waals surface area contributed by atoms with Crippen molar-refractivity contribution in [3.63, 3.8) is 0 Å². The molecule has 1 aromatic heterocycles. The third-order valence-electron chi connectivity index (χ3n) is 4.05. The first-order chi connectivity index (χ1) is 9.83. The fourth-order valence-electron chi connectivity index (χ4n) is 2.86. The second kappa shape index (κ2) is 6.09. The van der Waals surface area contributed by atoms with Crippen molar-refractivity contribution in [3.8, 4) is 0 Å². The Bertz CT molecular complexity index is 584. The lowest BCUT2D eigenvalue weighted by atomic mass is 9.96. The molecule has 20 heavy (non-hydrogen) atoms. The average Bonchev–Trinajstić information content (AvgIpc) is 2.95. The Hall–Kier alpha value is -1.81. The molecule has 1 fully saturated rings. The van der Waals surface area contributed by atoms with E-state index >= 15 is 0 Å². The molecule has 0 bridgehead atoms. The normalized spacial score (nSPS) is 19.1. The zero-order valence-corrected chi connectivity index (χ0v) is 11.6. The second-order valence-electron chi connectivity index (χ2n) is 5.54. The van der Waals surface area contributed by atoms with Crippen LogP contribution in [0.25, 0.3) is 10.9 Å². The van der Waals surface area contributed by atoms with Gasteiger partial charge in [-0.3, -0.25) is 4.79 Å². The number of nitrogens with one attached hydrogen (secondary N) is 3. The molecule has 106 valence electrons. The lowest BCUT2D eigenvalue weighted by Gasteiger charge is -2.22. The highest BCUT2D eigenvalue weighted by atomic mass is 16.1. The van der Waals surface area contributed by atoms with Gasteiger partial charge in [0.2, 0.25) is 0 Å². The molecular formula is C16H21N3O. The molecule has 0 radical (unpaired) electrons. The number of H-pyrrole nitrogens is 1. The van der Waals surface area contributed by atoms with Crippen LogP contribution in [0.2, 0.25) is 0 Å². The van der Waals surface area contributed by atoms with Crippen molar-refractivity contribution in [2.24, 2.45) is 5.92 Å². The van der Waals surface area contributed by atoms with Gasteiger partial charge in [-0.2, -0.15) is 0 Å². The number of fused-ring (bicyclic) bond motifs is 1. The topological polar surface area (TPSA) is 56.9 Å². The molecule has 1 unspecified atom stereocenters. The maximum atomic E-state index is 12.1. The summed E-state index contributed by atoms with van der Waals surface area (Å²) in [6, 6.07) is 7.74. The highest BCUT2D eigenvalue weighted by Crippen LogP contribution is 2.15. The van der Waals surface area contributed by atoms with Crippen molar-refractivity contribution >= 4 is 16.8 Å². The van der Waals surface area contributed by atoms with E-state index in [0.717, 1.165) is 42.5 Å². The van der Waals surface area contributed by atoms with E-state index in [0.29, 0.717) is 5.92 Å². The third kappa shape index (κ3) is 3.02. The monoisotopic (exact) mass is 271 g/mol. The summed E-state index contributed by atoms with van der Waals surface area (Å²) in [5, 5.41) is 7.51. The van der Waals surface area contributed by atoms with Crippen LogP contribution in [0.5, 0.6) is 0 Å². The minimum absolute atomic E-state index is 0.0249. The quantitative estimate of drug-likeness (QED) is 0.799. The van der Waals surface area contributed by atoms with E-state index in [4.69, 9.17) is 0 Å². The number of amides is 1. The van der Waals surface area contributed by atoms with Crippen LogP contribution >= 0.6 is 0 Å². The van der Waals surface area contributed by atoms with Crippen LogP contribution in [0.1, 0.15) is 29.6 Å². The van der Waals surface area contributed by atoms with Gasteiger partial charge in [0, 0.05) is 29.2 Å². The molecule has 2 heterocycles. The summed E-state index contributed by atoms with van der Waals surface area (Å²) in [5.74, 6) is 0.730. The minimum Gasteiger partial charge on any atom is -0.361 e. The summed E-state index contributed by atoms with van der Waals surface area (Å²) < 4.78 is 0. The van der Waals surface area contributed by atoms with Gasteiger partial charge >= 0.3 is 0 Å². The van der Waals surface area contributed by atoms with E-state index in [-0.39, 0.29) is 5.91 Å². The Morgan fingerprint density at radius 2 is 2.30 bits per heavy atom. The molecule has 0 saturated carbocycles. The molecule has 1 amide bonds. The molecule has 4 nitrogen and oxygen atoms in total. The van der Waals surface area contributed by atoms with Crippen molar-refractivity contribution in [3.05, 3.63) is 36.0 Å². The summed E-state index contributed by atoms with van der Waals surface area (Å²) in [7, 11) is 0. The first-order valence-corrected chi connectivity index (χ1v) is 7.39. The summed E-state index contributed by atoms with van der Waals surface area (Å²) >= 11 is 0. The zero-order valence-electron chi connectivity index (χ0n) is 11.6. The molecule has 4 heteroatoms. The molecule has 3 rings (SSSR count). The smallest absolute Gasteiger partial charge is 0.251 e. The summed E-state index contributed by atoms with van der Waals surface area (Å²) in [6.07, 6.45) is 5.48. The fraction of sp³-hybridized carbons (Fsp3) is 0.438. The van der Waals surface area contributed by atoms with E-state index in [2.05, 4.69) is 15.6 Å². The van der Waals surface area contributed by atoms with Gasteiger partial charge in [0.05, 0.1) is 0 Å². The van der Waals surface area contributed by atoms with Gasteiger partial charge in [-0.05, 0) is 62.5 Å². The van der Waals surface area contributed by atoms with Crippen LogP contribution in [-0.2, 0) is 0 Å². The minimum atomic E-state index is 0.0249. The van der Waals surface area contributed by atoms with E-state index < -0.39 is 0 Å². The summed E-state index contributed by atoms with van der Waals surface area (Å²) in [6.45, 7) is 2.99. The molecular weight excluding hydrogens is 250 g/mol. The molecule has 0 spiro atoms.